The smallest absolute Gasteiger partial charge is 0.321 e. The van der Waals surface area contributed by atoms with E-state index in [1.54, 1.807) is 43.3 Å². The molecule has 2 aromatic heterocycles. The molecule has 3 aromatic rings. The Morgan fingerprint density at radius 2 is 1.96 bits per heavy atom. The summed E-state index contributed by atoms with van der Waals surface area (Å²) in [6, 6.07) is 7.19. The van der Waals surface area contributed by atoms with Gasteiger partial charge in [-0.25, -0.2) is 13.1 Å². The molecule has 0 aliphatic carbocycles. The molecular weight excluding hydrogens is 360 g/mol. The van der Waals surface area contributed by atoms with Crippen molar-refractivity contribution in [3.63, 3.8) is 0 Å². The second-order valence-corrected chi connectivity index (χ2v) is 7.45. The van der Waals surface area contributed by atoms with E-state index in [2.05, 4.69) is 24.8 Å². The summed E-state index contributed by atoms with van der Waals surface area (Å²) in [5.74, 6) is 0.301. The van der Waals surface area contributed by atoms with Crippen LogP contribution in [0.25, 0.3) is 11.0 Å². The van der Waals surface area contributed by atoms with Crippen molar-refractivity contribution >= 4 is 26.9 Å². The van der Waals surface area contributed by atoms with Crippen molar-refractivity contribution in [3.8, 4) is 6.01 Å². The average molecular weight is 378 g/mol. The lowest BCUT2D eigenvalue weighted by Gasteiger charge is -2.12. The van der Waals surface area contributed by atoms with E-state index in [4.69, 9.17) is 9.26 Å². The zero-order valence-corrected chi connectivity index (χ0v) is 15.3. The Labute approximate surface area is 150 Å². The van der Waals surface area contributed by atoms with E-state index < -0.39 is 10.0 Å². The van der Waals surface area contributed by atoms with E-state index in [0.717, 1.165) is 0 Å². The molecule has 0 aliphatic rings. The van der Waals surface area contributed by atoms with Gasteiger partial charge in [0, 0.05) is 19.5 Å². The summed E-state index contributed by atoms with van der Waals surface area (Å²) in [5.41, 5.74) is 0.880. The first-order valence-corrected chi connectivity index (χ1v) is 9.30. The summed E-state index contributed by atoms with van der Waals surface area (Å²) in [4.78, 5) is 14.0. The van der Waals surface area contributed by atoms with Crippen molar-refractivity contribution in [1.82, 2.24) is 24.8 Å². The molecule has 1 N–H and O–H groups in total. The second kappa shape index (κ2) is 7.22. The summed E-state index contributed by atoms with van der Waals surface area (Å²) in [5, 5.41) is 4.50. The molecule has 26 heavy (non-hydrogen) atoms. The number of sulfonamides is 1. The number of aromatic nitrogens is 4. The van der Waals surface area contributed by atoms with Gasteiger partial charge in [0.1, 0.15) is 11.4 Å². The number of nitrogens with zero attached hydrogens (tertiary/aromatic N) is 5. The molecule has 10 nitrogen and oxygen atoms in total. The minimum absolute atomic E-state index is 0.0994. The highest BCUT2D eigenvalue weighted by Crippen LogP contribution is 2.19. The van der Waals surface area contributed by atoms with Crippen molar-refractivity contribution in [3.05, 3.63) is 35.8 Å². The van der Waals surface area contributed by atoms with Crippen molar-refractivity contribution in [2.45, 2.75) is 12.3 Å². The maximum Gasteiger partial charge on any atom is 0.321 e. The largest absolute Gasteiger partial charge is 0.467 e. The lowest BCUT2D eigenvalue weighted by molar-refractivity contribution is 0.375. The number of ether oxygens (including phenoxy) is 1. The number of benzene rings is 1. The fraction of sp³-hybridized carbons (Fsp3) is 0.333. The lowest BCUT2D eigenvalue weighted by atomic mass is 10.2. The minimum Gasteiger partial charge on any atom is -0.467 e. The fourth-order valence-corrected chi connectivity index (χ4v) is 3.22. The monoisotopic (exact) mass is 378 g/mol. The Kier molecular flexibility index (Phi) is 5.00. The fourth-order valence-electron chi connectivity index (χ4n) is 2.20. The van der Waals surface area contributed by atoms with E-state index in [1.807, 2.05) is 0 Å². The Bertz CT molecular complexity index is 1020. The zero-order valence-electron chi connectivity index (χ0n) is 14.5. The molecule has 2 heterocycles. The van der Waals surface area contributed by atoms with Crippen LogP contribution in [0.2, 0.25) is 0 Å². The van der Waals surface area contributed by atoms with Gasteiger partial charge in [0.05, 0.1) is 13.7 Å². The number of hydrogen-bond donors (Lipinski definition) is 1. The number of rotatable bonds is 7. The Balaban J connectivity index is 1.75. The van der Waals surface area contributed by atoms with E-state index >= 15 is 0 Å². The molecule has 0 aliphatic heterocycles. The van der Waals surface area contributed by atoms with E-state index in [-0.39, 0.29) is 24.1 Å². The first kappa shape index (κ1) is 18.0. The van der Waals surface area contributed by atoms with Crippen LogP contribution >= 0.6 is 0 Å². The van der Waals surface area contributed by atoms with Gasteiger partial charge in [0.2, 0.25) is 16.0 Å². The van der Waals surface area contributed by atoms with Crippen LogP contribution in [0.4, 0.5) is 5.95 Å². The van der Waals surface area contributed by atoms with Crippen LogP contribution in [0.1, 0.15) is 11.5 Å². The summed E-state index contributed by atoms with van der Waals surface area (Å²) < 4.78 is 37.4. The predicted octanol–water partition coefficient (Wildman–Crippen LogP) is 0.707. The third kappa shape index (κ3) is 4.06. The third-order valence-electron chi connectivity index (χ3n) is 3.46. The van der Waals surface area contributed by atoms with Crippen LogP contribution in [-0.4, -0.2) is 49.7 Å². The molecule has 0 amide bonds. The predicted molar refractivity (Wildman–Crippen MR) is 94.2 cm³/mol. The van der Waals surface area contributed by atoms with Gasteiger partial charge < -0.3 is 14.2 Å². The highest BCUT2D eigenvalue weighted by Gasteiger charge is 2.18. The quantitative estimate of drug-likeness (QED) is 0.633. The Hall–Kier alpha value is -2.79. The summed E-state index contributed by atoms with van der Waals surface area (Å²) >= 11 is 0. The molecule has 0 unspecified atom stereocenters. The maximum absolute atomic E-state index is 12.4. The average Bonchev–Trinajstić information content (AvgIpc) is 3.02. The number of methoxy groups -OCH3 is 1. The molecule has 0 saturated heterocycles. The summed E-state index contributed by atoms with van der Waals surface area (Å²) in [7, 11) is 1.28. The van der Waals surface area contributed by atoms with Gasteiger partial charge in [-0.2, -0.15) is 15.0 Å². The minimum atomic E-state index is -3.67. The van der Waals surface area contributed by atoms with Crippen molar-refractivity contribution < 1.29 is 17.7 Å². The molecule has 1 aromatic carbocycles. The molecule has 0 fully saturated rings. The maximum atomic E-state index is 12.4. The molecule has 0 radical (unpaired) electrons. The van der Waals surface area contributed by atoms with Gasteiger partial charge in [0.25, 0.3) is 0 Å². The third-order valence-corrected chi connectivity index (χ3v) is 4.70. The number of nitrogens with one attached hydrogen (secondary N) is 1. The zero-order chi connectivity index (χ0) is 18.7. The van der Waals surface area contributed by atoms with Crippen LogP contribution < -0.4 is 14.4 Å². The van der Waals surface area contributed by atoms with E-state index in [1.165, 1.54) is 7.11 Å². The lowest BCUT2D eigenvalue weighted by Crippen LogP contribution is -2.26. The van der Waals surface area contributed by atoms with Crippen LogP contribution in [0.3, 0.4) is 0 Å². The standard InChI is InChI=1S/C15H18N6O4S/c1-21(2)14-17-13(18-15(19-14)24-3)8-16-26(22,23)9-11-10-6-4-5-7-12(10)25-20-11/h4-7,16H,8-9H2,1-3H3. The van der Waals surface area contributed by atoms with Gasteiger partial charge in [-0.1, -0.05) is 17.3 Å². The molecular formula is C15H18N6O4S. The van der Waals surface area contributed by atoms with Crippen LogP contribution in [-0.2, 0) is 22.3 Å². The number of fused-ring (bicyclic) bond motifs is 1. The van der Waals surface area contributed by atoms with Crippen molar-refractivity contribution in [1.29, 1.82) is 0 Å². The number of hydrogen-bond acceptors (Lipinski definition) is 9. The molecule has 11 heteroatoms. The van der Waals surface area contributed by atoms with Crippen molar-refractivity contribution in [2.24, 2.45) is 0 Å². The van der Waals surface area contributed by atoms with Gasteiger partial charge >= 0.3 is 6.01 Å². The number of anilines is 1. The van der Waals surface area contributed by atoms with Gasteiger partial charge in [-0.3, -0.25) is 0 Å². The van der Waals surface area contributed by atoms with Gasteiger partial charge in [0.15, 0.2) is 11.4 Å². The highest BCUT2D eigenvalue weighted by molar-refractivity contribution is 7.88. The first-order chi connectivity index (χ1) is 12.4. The van der Waals surface area contributed by atoms with E-state index in [0.29, 0.717) is 22.6 Å². The van der Waals surface area contributed by atoms with Crippen molar-refractivity contribution in [2.75, 3.05) is 26.1 Å². The SMILES string of the molecule is COc1nc(CNS(=O)(=O)Cc2noc3ccccc23)nc(N(C)C)n1. The van der Waals surface area contributed by atoms with Gasteiger partial charge in [-0.15, -0.1) is 0 Å². The normalized spacial score (nSPS) is 11.7. The van der Waals surface area contributed by atoms with Crippen LogP contribution in [0.15, 0.2) is 28.8 Å². The first-order valence-electron chi connectivity index (χ1n) is 7.65. The topological polar surface area (TPSA) is 123 Å². The summed E-state index contributed by atoms with van der Waals surface area (Å²) in [6.07, 6.45) is 0. The molecule has 3 rings (SSSR count). The molecule has 0 bridgehead atoms. The number of para-hydroxylation sites is 1. The van der Waals surface area contributed by atoms with E-state index in [9.17, 15) is 8.42 Å². The Morgan fingerprint density at radius 1 is 1.19 bits per heavy atom. The molecule has 0 atom stereocenters. The van der Waals surface area contributed by atoms with Crippen LogP contribution in [0.5, 0.6) is 6.01 Å². The second-order valence-electron chi connectivity index (χ2n) is 5.64. The van der Waals surface area contributed by atoms with Gasteiger partial charge in [-0.05, 0) is 12.1 Å². The molecule has 0 saturated carbocycles. The molecule has 0 spiro atoms. The highest BCUT2D eigenvalue weighted by atomic mass is 32.2. The Morgan fingerprint density at radius 3 is 2.69 bits per heavy atom. The molecule has 138 valence electrons. The van der Waals surface area contributed by atoms with Crippen LogP contribution in [0, 0.1) is 0 Å². The summed E-state index contributed by atoms with van der Waals surface area (Å²) in [6.45, 7) is -0.0994.